The van der Waals surface area contributed by atoms with Gasteiger partial charge in [-0.3, -0.25) is 4.79 Å². The molecule has 8 nitrogen and oxygen atoms in total. The van der Waals surface area contributed by atoms with E-state index in [1.54, 1.807) is 0 Å². The lowest BCUT2D eigenvalue weighted by atomic mass is 9.98. The fourth-order valence-electron chi connectivity index (χ4n) is 3.98. The molecule has 3 aromatic rings. The molecule has 3 N–H and O–H groups in total. The van der Waals surface area contributed by atoms with Gasteiger partial charge >= 0.3 is 12.1 Å². The van der Waals surface area contributed by atoms with E-state index in [-0.39, 0.29) is 30.3 Å². The summed E-state index contributed by atoms with van der Waals surface area (Å²) in [4.78, 5) is 35.6. The van der Waals surface area contributed by atoms with Crippen LogP contribution in [0, 0.1) is 11.8 Å². The Hall–Kier alpha value is -4.77. The molecule has 4 rings (SSSR count). The molecule has 0 aliphatic heterocycles. The van der Waals surface area contributed by atoms with Gasteiger partial charge in [0.05, 0.1) is 24.9 Å². The third kappa shape index (κ3) is 5.25. The molecule has 1 aliphatic carbocycles. The van der Waals surface area contributed by atoms with Crippen molar-refractivity contribution < 1.29 is 29.0 Å². The number of anilines is 1. The lowest BCUT2D eigenvalue weighted by molar-refractivity contribution is -0.111. The van der Waals surface area contributed by atoms with Gasteiger partial charge in [0.25, 0.3) is 5.91 Å². The first-order valence-electron chi connectivity index (χ1n) is 10.8. The molecule has 2 amide bonds. The largest absolute Gasteiger partial charge is 0.497 e. The van der Waals surface area contributed by atoms with E-state index in [4.69, 9.17) is 9.47 Å². The van der Waals surface area contributed by atoms with Crippen molar-refractivity contribution in [2.24, 2.45) is 0 Å². The summed E-state index contributed by atoms with van der Waals surface area (Å²) in [5, 5.41) is 14.2. The number of hydrogen-bond acceptors (Lipinski definition) is 5. The van der Waals surface area contributed by atoms with Crippen LogP contribution in [0.15, 0.2) is 66.7 Å². The van der Waals surface area contributed by atoms with Crippen LogP contribution in [-0.2, 0) is 9.53 Å². The van der Waals surface area contributed by atoms with E-state index in [2.05, 4.69) is 34.6 Å². The molecular weight excluding hydrogens is 448 g/mol. The van der Waals surface area contributed by atoms with Crippen molar-refractivity contribution in [3.63, 3.8) is 0 Å². The summed E-state index contributed by atoms with van der Waals surface area (Å²) in [6.45, 7) is 0.0512. The standard InChI is InChI=1S/C27H22N2O6/c1-34-17-12-13-22(26(31)32)24(15-17)29-25(30)11-6-14-28-27(33)35-16-23-20-9-4-2-7-18(20)19-8-3-5-10-21(19)23/h2-5,7-10,12-13,15,23H,14,16H2,1H3,(H,28,33)(H,29,30)(H,31,32). The van der Waals surface area contributed by atoms with Crippen LogP contribution in [-0.4, -0.2) is 43.3 Å². The second kappa shape index (κ2) is 10.4. The maximum atomic E-state index is 12.2. The summed E-state index contributed by atoms with van der Waals surface area (Å²) < 4.78 is 10.5. The number of carbonyl (C=O) groups is 3. The number of alkyl carbamates (subject to hydrolysis) is 1. The summed E-state index contributed by atoms with van der Waals surface area (Å²) in [6.07, 6.45) is -0.650. The Kier molecular flexibility index (Phi) is 6.98. The van der Waals surface area contributed by atoms with Gasteiger partial charge in [-0.05, 0) is 40.3 Å². The molecular formula is C27H22N2O6. The van der Waals surface area contributed by atoms with Crippen LogP contribution in [0.5, 0.6) is 5.75 Å². The molecule has 0 aromatic heterocycles. The van der Waals surface area contributed by atoms with Crippen LogP contribution in [0.3, 0.4) is 0 Å². The molecule has 0 radical (unpaired) electrons. The Balaban J connectivity index is 1.30. The van der Waals surface area contributed by atoms with Crippen LogP contribution in [0.25, 0.3) is 11.1 Å². The summed E-state index contributed by atoms with van der Waals surface area (Å²) in [7, 11) is 1.43. The van der Waals surface area contributed by atoms with E-state index in [1.165, 1.54) is 25.3 Å². The minimum atomic E-state index is -1.20. The Morgan fingerprint density at radius 1 is 0.971 bits per heavy atom. The SMILES string of the molecule is COc1ccc(C(=O)O)c(NC(=O)C#CCNC(=O)OCC2c3ccccc3-c3ccccc32)c1. The minimum Gasteiger partial charge on any atom is -0.497 e. The zero-order valence-corrected chi connectivity index (χ0v) is 18.8. The summed E-state index contributed by atoms with van der Waals surface area (Å²) in [5.74, 6) is 3.23. The second-order valence-electron chi connectivity index (χ2n) is 7.65. The quantitative estimate of drug-likeness (QED) is 0.471. The van der Waals surface area contributed by atoms with E-state index < -0.39 is 18.0 Å². The van der Waals surface area contributed by atoms with Gasteiger partial charge in [-0.2, -0.15) is 0 Å². The fraction of sp³-hybridized carbons (Fsp3) is 0.148. The first kappa shape index (κ1) is 23.4. The molecule has 0 unspecified atom stereocenters. The van der Waals surface area contributed by atoms with Crippen LogP contribution in [0.1, 0.15) is 27.4 Å². The molecule has 0 saturated carbocycles. The van der Waals surface area contributed by atoms with Crippen molar-refractivity contribution in [3.05, 3.63) is 83.4 Å². The van der Waals surface area contributed by atoms with Crippen LogP contribution >= 0.6 is 0 Å². The molecule has 1 aliphatic rings. The average molecular weight is 470 g/mol. The third-order valence-electron chi connectivity index (χ3n) is 5.57. The number of amides is 2. The average Bonchev–Trinajstić information content (AvgIpc) is 3.19. The first-order chi connectivity index (χ1) is 17.0. The molecule has 0 fully saturated rings. The molecule has 3 aromatic carbocycles. The van der Waals surface area contributed by atoms with E-state index in [9.17, 15) is 19.5 Å². The molecule has 35 heavy (non-hydrogen) atoms. The van der Waals surface area contributed by atoms with Crippen LogP contribution in [0.4, 0.5) is 10.5 Å². The maximum Gasteiger partial charge on any atom is 0.407 e. The second-order valence-corrected chi connectivity index (χ2v) is 7.65. The van der Waals surface area contributed by atoms with Crippen molar-refractivity contribution >= 4 is 23.7 Å². The number of aromatic carboxylic acids is 1. The van der Waals surface area contributed by atoms with E-state index in [0.29, 0.717) is 5.75 Å². The van der Waals surface area contributed by atoms with E-state index in [0.717, 1.165) is 22.3 Å². The Labute approximate surface area is 201 Å². The van der Waals surface area contributed by atoms with Gasteiger partial charge < -0.3 is 25.2 Å². The van der Waals surface area contributed by atoms with Gasteiger partial charge in [-0.25, -0.2) is 9.59 Å². The molecule has 8 heteroatoms. The monoisotopic (exact) mass is 470 g/mol. The van der Waals surface area contributed by atoms with Crippen molar-refractivity contribution in [1.82, 2.24) is 5.32 Å². The van der Waals surface area contributed by atoms with Crippen molar-refractivity contribution in [2.45, 2.75) is 5.92 Å². The van der Waals surface area contributed by atoms with Crippen LogP contribution in [0.2, 0.25) is 0 Å². The number of fused-ring (bicyclic) bond motifs is 3. The Morgan fingerprint density at radius 2 is 1.63 bits per heavy atom. The molecule has 176 valence electrons. The van der Waals surface area contributed by atoms with E-state index >= 15 is 0 Å². The molecule has 0 bridgehead atoms. The van der Waals surface area contributed by atoms with Crippen molar-refractivity contribution in [2.75, 3.05) is 25.6 Å². The van der Waals surface area contributed by atoms with Gasteiger partial charge in [0.1, 0.15) is 12.4 Å². The number of methoxy groups -OCH3 is 1. The van der Waals surface area contributed by atoms with Crippen molar-refractivity contribution in [3.8, 4) is 28.7 Å². The predicted octanol–water partition coefficient (Wildman–Crippen LogP) is 3.87. The zero-order chi connectivity index (χ0) is 24.8. The maximum absolute atomic E-state index is 12.2. The number of carboxylic acids is 1. The van der Waals surface area contributed by atoms with Gasteiger partial charge in [-0.1, -0.05) is 54.5 Å². The summed E-state index contributed by atoms with van der Waals surface area (Å²) >= 11 is 0. The van der Waals surface area contributed by atoms with Gasteiger partial charge in [0.15, 0.2) is 0 Å². The number of ether oxygens (including phenoxy) is 2. The number of benzene rings is 3. The van der Waals surface area contributed by atoms with Gasteiger partial charge in [-0.15, -0.1) is 0 Å². The summed E-state index contributed by atoms with van der Waals surface area (Å²) in [6, 6.07) is 20.2. The predicted molar refractivity (Wildman–Crippen MR) is 129 cm³/mol. The Bertz CT molecular complexity index is 1310. The topological polar surface area (TPSA) is 114 Å². The Morgan fingerprint density at radius 3 is 2.26 bits per heavy atom. The highest BCUT2D eigenvalue weighted by Gasteiger charge is 2.28. The smallest absolute Gasteiger partial charge is 0.407 e. The lowest BCUT2D eigenvalue weighted by Gasteiger charge is -2.14. The lowest BCUT2D eigenvalue weighted by Crippen LogP contribution is -2.26. The number of carbonyl (C=O) groups excluding carboxylic acids is 2. The molecule has 0 saturated heterocycles. The van der Waals surface area contributed by atoms with Crippen LogP contribution < -0.4 is 15.4 Å². The van der Waals surface area contributed by atoms with Gasteiger partial charge in [0, 0.05) is 12.0 Å². The molecule has 0 atom stereocenters. The molecule has 0 heterocycles. The van der Waals surface area contributed by atoms with Crippen molar-refractivity contribution in [1.29, 1.82) is 0 Å². The number of nitrogens with one attached hydrogen (secondary N) is 2. The number of hydrogen-bond donors (Lipinski definition) is 3. The third-order valence-corrected chi connectivity index (χ3v) is 5.57. The summed E-state index contributed by atoms with van der Waals surface area (Å²) in [5.41, 5.74) is 4.44. The van der Waals surface area contributed by atoms with Gasteiger partial charge in [0.2, 0.25) is 0 Å². The number of rotatable bonds is 6. The molecule has 0 spiro atoms. The first-order valence-corrected chi connectivity index (χ1v) is 10.8. The minimum absolute atomic E-state index is 0.0562. The highest BCUT2D eigenvalue weighted by molar-refractivity contribution is 6.07. The highest BCUT2D eigenvalue weighted by Crippen LogP contribution is 2.44. The van der Waals surface area contributed by atoms with E-state index in [1.807, 2.05) is 36.4 Å². The zero-order valence-electron chi connectivity index (χ0n) is 18.8. The normalized spacial score (nSPS) is 11.3. The highest BCUT2D eigenvalue weighted by atomic mass is 16.5. The fourth-order valence-corrected chi connectivity index (χ4v) is 3.98. The number of carboxylic acid groups (broad SMARTS) is 1.